The number of hydrogen-bond donors (Lipinski definition) is 2. The van der Waals surface area contributed by atoms with Crippen LogP contribution in [-0.2, 0) is 7.05 Å². The number of benzene rings is 3. The molecule has 0 amide bonds. The van der Waals surface area contributed by atoms with Gasteiger partial charge in [0, 0.05) is 23.3 Å². The molecule has 0 unspecified atom stereocenters. The highest BCUT2D eigenvalue weighted by molar-refractivity contribution is 7.22. The first-order valence-electron chi connectivity index (χ1n) is 10.0. The van der Waals surface area contributed by atoms with Crippen LogP contribution in [0.15, 0.2) is 79.3 Å². The second kappa shape index (κ2) is 8.24. The lowest BCUT2D eigenvalue weighted by Crippen LogP contribution is -1.86. The Labute approximate surface area is 189 Å². The molecule has 0 aliphatic heterocycles. The summed E-state index contributed by atoms with van der Waals surface area (Å²) in [6.07, 6.45) is 7.71. The standard InChI is InChI=1S/C26H20N2O3S/c1-28-15-19(27-16-28)7-2-17-3-11-22(12-4-17)31-25-23-13-10-21(30)14-24(23)32-26(25)18-5-8-20(29)9-6-18/h2-16,29-30H,1H3. The predicted octanol–water partition coefficient (Wildman–Crippen LogP) is 6.68. The molecule has 6 heteroatoms. The zero-order chi connectivity index (χ0) is 22.1. The summed E-state index contributed by atoms with van der Waals surface area (Å²) in [5, 5.41) is 20.5. The smallest absolute Gasteiger partial charge is 0.153 e. The maximum atomic E-state index is 9.91. The Morgan fingerprint density at radius 3 is 2.38 bits per heavy atom. The third-order valence-electron chi connectivity index (χ3n) is 5.03. The van der Waals surface area contributed by atoms with E-state index in [0.717, 1.165) is 37.5 Å². The third-order valence-corrected chi connectivity index (χ3v) is 6.21. The molecule has 5 rings (SSSR count). The molecule has 2 aromatic heterocycles. The van der Waals surface area contributed by atoms with Crippen molar-refractivity contribution in [1.29, 1.82) is 0 Å². The Morgan fingerprint density at radius 1 is 0.906 bits per heavy atom. The fourth-order valence-corrected chi connectivity index (χ4v) is 4.60. The summed E-state index contributed by atoms with van der Waals surface area (Å²) in [7, 11) is 1.94. The van der Waals surface area contributed by atoms with E-state index in [-0.39, 0.29) is 11.5 Å². The molecule has 32 heavy (non-hydrogen) atoms. The summed E-state index contributed by atoms with van der Waals surface area (Å²) >= 11 is 1.54. The number of phenols is 2. The number of imidazole rings is 1. The second-order valence-corrected chi connectivity index (χ2v) is 8.51. The second-order valence-electron chi connectivity index (χ2n) is 7.46. The first-order chi connectivity index (χ1) is 15.5. The number of aryl methyl sites for hydroxylation is 1. The van der Waals surface area contributed by atoms with Gasteiger partial charge in [-0.2, -0.15) is 0 Å². The van der Waals surface area contributed by atoms with Gasteiger partial charge in [0.2, 0.25) is 0 Å². The van der Waals surface area contributed by atoms with Crippen LogP contribution in [0.3, 0.4) is 0 Å². The Hall–Kier alpha value is -4.03. The van der Waals surface area contributed by atoms with Crippen LogP contribution in [0.5, 0.6) is 23.0 Å². The van der Waals surface area contributed by atoms with E-state index in [1.54, 1.807) is 41.9 Å². The number of hydrogen-bond acceptors (Lipinski definition) is 5. The number of ether oxygens (including phenoxy) is 1. The molecular formula is C26H20N2O3S. The summed E-state index contributed by atoms with van der Waals surface area (Å²) in [5.74, 6) is 1.87. The van der Waals surface area contributed by atoms with E-state index in [9.17, 15) is 10.2 Å². The van der Waals surface area contributed by atoms with Gasteiger partial charge in [-0.05, 0) is 71.8 Å². The maximum absolute atomic E-state index is 9.91. The van der Waals surface area contributed by atoms with Crippen molar-refractivity contribution in [2.24, 2.45) is 7.05 Å². The highest BCUT2D eigenvalue weighted by Crippen LogP contribution is 2.47. The van der Waals surface area contributed by atoms with Crippen molar-refractivity contribution in [2.45, 2.75) is 0 Å². The van der Waals surface area contributed by atoms with Crippen LogP contribution in [0.1, 0.15) is 11.3 Å². The van der Waals surface area contributed by atoms with E-state index >= 15 is 0 Å². The van der Waals surface area contributed by atoms with Gasteiger partial charge in [-0.1, -0.05) is 18.2 Å². The predicted molar refractivity (Wildman–Crippen MR) is 129 cm³/mol. The number of fused-ring (bicyclic) bond motifs is 1. The number of rotatable bonds is 5. The molecule has 0 atom stereocenters. The normalized spacial score (nSPS) is 11.4. The highest BCUT2D eigenvalue weighted by Gasteiger charge is 2.17. The van der Waals surface area contributed by atoms with E-state index in [1.807, 2.05) is 72.4 Å². The van der Waals surface area contributed by atoms with Crippen molar-refractivity contribution in [3.63, 3.8) is 0 Å². The molecule has 0 aliphatic rings. The zero-order valence-electron chi connectivity index (χ0n) is 17.3. The van der Waals surface area contributed by atoms with Crippen molar-refractivity contribution < 1.29 is 14.9 Å². The van der Waals surface area contributed by atoms with Crippen LogP contribution < -0.4 is 4.74 Å². The van der Waals surface area contributed by atoms with Crippen molar-refractivity contribution in [3.05, 3.63) is 90.5 Å². The molecule has 5 nitrogen and oxygen atoms in total. The quantitative estimate of drug-likeness (QED) is 0.320. The van der Waals surface area contributed by atoms with Gasteiger partial charge in [-0.25, -0.2) is 4.98 Å². The molecule has 5 aromatic rings. The van der Waals surface area contributed by atoms with Crippen LogP contribution in [-0.4, -0.2) is 19.8 Å². The summed E-state index contributed by atoms with van der Waals surface area (Å²) in [4.78, 5) is 5.23. The molecule has 0 radical (unpaired) electrons. The van der Waals surface area contributed by atoms with E-state index in [2.05, 4.69) is 4.98 Å². The first kappa shape index (κ1) is 19.9. The summed E-state index contributed by atoms with van der Waals surface area (Å²) in [6.45, 7) is 0. The Morgan fingerprint density at radius 2 is 1.66 bits per heavy atom. The molecule has 0 saturated carbocycles. The topological polar surface area (TPSA) is 67.5 Å². The van der Waals surface area contributed by atoms with Crippen LogP contribution >= 0.6 is 11.3 Å². The van der Waals surface area contributed by atoms with Gasteiger partial charge in [0.25, 0.3) is 0 Å². The largest absolute Gasteiger partial charge is 0.508 e. The molecule has 158 valence electrons. The van der Waals surface area contributed by atoms with Crippen LogP contribution in [0, 0.1) is 0 Å². The molecule has 3 aromatic carbocycles. The van der Waals surface area contributed by atoms with E-state index in [0.29, 0.717) is 5.75 Å². The molecule has 0 spiro atoms. The minimum Gasteiger partial charge on any atom is -0.508 e. The molecule has 0 aliphatic carbocycles. The average molecular weight is 441 g/mol. The third kappa shape index (κ3) is 4.08. The fraction of sp³-hybridized carbons (Fsp3) is 0.0385. The fourth-order valence-electron chi connectivity index (χ4n) is 3.43. The minimum atomic E-state index is 0.212. The number of nitrogens with zero attached hydrogens (tertiary/aromatic N) is 2. The first-order valence-corrected chi connectivity index (χ1v) is 10.9. The number of thiophene rings is 1. The molecule has 0 saturated heterocycles. The molecule has 0 bridgehead atoms. The van der Waals surface area contributed by atoms with Gasteiger partial charge in [-0.3, -0.25) is 0 Å². The van der Waals surface area contributed by atoms with Crippen molar-refractivity contribution >= 4 is 33.6 Å². The lowest BCUT2D eigenvalue weighted by atomic mass is 10.1. The average Bonchev–Trinajstić information content (AvgIpc) is 3.37. The van der Waals surface area contributed by atoms with Crippen LogP contribution in [0.4, 0.5) is 0 Å². The van der Waals surface area contributed by atoms with E-state index in [1.165, 1.54) is 0 Å². The van der Waals surface area contributed by atoms with Crippen molar-refractivity contribution in [3.8, 4) is 33.4 Å². The Kier molecular flexibility index (Phi) is 5.13. The number of aromatic nitrogens is 2. The van der Waals surface area contributed by atoms with Gasteiger partial charge < -0.3 is 19.5 Å². The summed E-state index contributed by atoms with van der Waals surface area (Å²) in [5.41, 5.74) is 2.88. The Balaban J connectivity index is 1.47. The number of aromatic hydroxyl groups is 2. The number of phenolic OH excluding ortho intramolecular Hbond substituents is 2. The minimum absolute atomic E-state index is 0.212. The monoisotopic (exact) mass is 440 g/mol. The SMILES string of the molecule is Cn1cnc(C=Cc2ccc(Oc3c(-c4ccc(O)cc4)sc4cc(O)ccc34)cc2)c1. The van der Waals surface area contributed by atoms with Crippen LogP contribution in [0.2, 0.25) is 0 Å². The maximum Gasteiger partial charge on any atom is 0.153 e. The van der Waals surface area contributed by atoms with E-state index in [4.69, 9.17) is 4.74 Å². The van der Waals surface area contributed by atoms with Gasteiger partial charge in [0.15, 0.2) is 5.75 Å². The lowest BCUT2D eigenvalue weighted by molar-refractivity contribution is 0.475. The van der Waals surface area contributed by atoms with Crippen molar-refractivity contribution in [1.82, 2.24) is 9.55 Å². The van der Waals surface area contributed by atoms with Gasteiger partial charge in [-0.15, -0.1) is 11.3 Å². The Bertz CT molecular complexity index is 1410. The zero-order valence-corrected chi connectivity index (χ0v) is 18.1. The molecule has 2 N–H and O–H groups in total. The van der Waals surface area contributed by atoms with Gasteiger partial charge in [0.1, 0.15) is 17.2 Å². The van der Waals surface area contributed by atoms with Crippen LogP contribution in [0.25, 0.3) is 32.7 Å². The molecular weight excluding hydrogens is 420 g/mol. The molecule has 0 fully saturated rings. The van der Waals surface area contributed by atoms with Gasteiger partial charge >= 0.3 is 0 Å². The van der Waals surface area contributed by atoms with Crippen molar-refractivity contribution in [2.75, 3.05) is 0 Å². The lowest BCUT2D eigenvalue weighted by Gasteiger charge is -2.09. The van der Waals surface area contributed by atoms with Gasteiger partial charge in [0.05, 0.1) is 16.9 Å². The molecule has 2 heterocycles. The summed E-state index contributed by atoms with van der Waals surface area (Å²) in [6, 6.07) is 20.2. The highest BCUT2D eigenvalue weighted by atomic mass is 32.1. The van der Waals surface area contributed by atoms with E-state index < -0.39 is 0 Å². The summed E-state index contributed by atoms with van der Waals surface area (Å²) < 4.78 is 9.17.